The minimum absolute atomic E-state index is 0.00783. The summed E-state index contributed by atoms with van der Waals surface area (Å²) in [5.41, 5.74) is -0.735. The van der Waals surface area contributed by atoms with Crippen molar-refractivity contribution >= 4 is 21.8 Å². The van der Waals surface area contributed by atoms with Crippen molar-refractivity contribution in [2.75, 3.05) is 12.3 Å². The molecule has 0 spiro atoms. The second-order valence-electron chi connectivity index (χ2n) is 8.25. The Morgan fingerprint density at radius 2 is 1.90 bits per heavy atom. The van der Waals surface area contributed by atoms with Gasteiger partial charge >= 0.3 is 6.09 Å². The number of nitrogens with zero attached hydrogens (tertiary/aromatic N) is 1. The van der Waals surface area contributed by atoms with Gasteiger partial charge in [0.15, 0.2) is 9.84 Å². The van der Waals surface area contributed by atoms with E-state index < -0.39 is 45.6 Å². The molecule has 0 bridgehead atoms. The van der Waals surface area contributed by atoms with Crippen LogP contribution in [-0.4, -0.2) is 66.5 Å². The molecule has 0 radical (unpaired) electrons. The van der Waals surface area contributed by atoms with Gasteiger partial charge in [0.2, 0.25) is 5.91 Å². The lowest BCUT2D eigenvalue weighted by Crippen LogP contribution is -2.51. The molecule has 0 saturated carbocycles. The summed E-state index contributed by atoms with van der Waals surface area (Å²) < 4.78 is 30.5. The van der Waals surface area contributed by atoms with Crippen LogP contribution in [0.5, 0.6) is 0 Å². The van der Waals surface area contributed by atoms with Crippen LogP contribution in [0.25, 0.3) is 0 Å². The van der Waals surface area contributed by atoms with Gasteiger partial charge in [-0.05, 0) is 39.3 Å². The van der Waals surface area contributed by atoms with Gasteiger partial charge in [0, 0.05) is 12.5 Å². The highest BCUT2D eigenvalue weighted by molar-refractivity contribution is 7.91. The maximum Gasteiger partial charge on any atom is 0.411 e. The van der Waals surface area contributed by atoms with E-state index in [0.29, 0.717) is 6.42 Å². The lowest BCUT2D eigenvalue weighted by molar-refractivity contribution is -0.126. The van der Waals surface area contributed by atoms with Crippen LogP contribution < -0.4 is 5.32 Å². The van der Waals surface area contributed by atoms with Crippen molar-refractivity contribution in [3.05, 3.63) is 30.3 Å². The predicted molar refractivity (Wildman–Crippen MR) is 108 cm³/mol. The molecule has 1 aliphatic heterocycles. The number of hydrogen-bond donors (Lipinski definition) is 2. The lowest BCUT2D eigenvalue weighted by atomic mass is 10.1. The van der Waals surface area contributed by atoms with E-state index in [9.17, 15) is 23.1 Å². The highest BCUT2D eigenvalue weighted by Crippen LogP contribution is 2.22. The fourth-order valence-corrected chi connectivity index (χ4v) is 4.75. The molecule has 2 N–H and O–H groups in total. The molecule has 162 valence electrons. The number of aliphatic hydroxyl groups excluding tert-OH is 1. The Kier molecular flexibility index (Phi) is 7.29. The molecule has 0 aliphatic carbocycles. The van der Waals surface area contributed by atoms with E-state index in [4.69, 9.17) is 4.74 Å². The number of β-amino-alcohol motifs (C(OH)–C–C–N with tert-alkyl or cyclic N) is 1. The van der Waals surface area contributed by atoms with Crippen LogP contribution in [0.15, 0.2) is 35.2 Å². The number of carbonyl (C=O) groups is 2. The Balaban J connectivity index is 2.08. The number of hydrogen-bond acceptors (Lipinski definition) is 6. The summed E-state index contributed by atoms with van der Waals surface area (Å²) in [4.78, 5) is 26.6. The number of sulfone groups is 1. The molecule has 1 aliphatic rings. The predicted octanol–water partition coefficient (Wildman–Crippen LogP) is 1.73. The van der Waals surface area contributed by atoms with Gasteiger partial charge in [0.25, 0.3) is 0 Å². The summed E-state index contributed by atoms with van der Waals surface area (Å²) in [6, 6.07) is 6.52. The monoisotopic (exact) mass is 426 g/mol. The first-order chi connectivity index (χ1) is 13.4. The minimum Gasteiger partial charge on any atom is -0.444 e. The summed E-state index contributed by atoms with van der Waals surface area (Å²) in [6.45, 7) is 6.92. The molecule has 29 heavy (non-hydrogen) atoms. The molecule has 1 aromatic rings. The van der Waals surface area contributed by atoms with E-state index in [-0.39, 0.29) is 23.6 Å². The van der Waals surface area contributed by atoms with Gasteiger partial charge in [-0.25, -0.2) is 13.2 Å². The largest absolute Gasteiger partial charge is 0.444 e. The Hall–Kier alpha value is -2.13. The number of benzene rings is 1. The zero-order chi connectivity index (χ0) is 21.8. The van der Waals surface area contributed by atoms with Crippen molar-refractivity contribution < 1.29 is 27.9 Å². The SMILES string of the molecule is CCC(CS(=O)(=O)c1ccccc1)NC(=O)C1CC(O)CN1C(=O)OC(C)(C)C. The zero-order valence-corrected chi connectivity index (χ0v) is 18.1. The summed E-state index contributed by atoms with van der Waals surface area (Å²) >= 11 is 0. The average molecular weight is 427 g/mol. The van der Waals surface area contributed by atoms with Crippen molar-refractivity contribution in [1.29, 1.82) is 0 Å². The van der Waals surface area contributed by atoms with Crippen molar-refractivity contribution in [2.24, 2.45) is 0 Å². The molecule has 1 heterocycles. The van der Waals surface area contributed by atoms with Crippen LogP contribution in [-0.2, 0) is 19.4 Å². The van der Waals surface area contributed by atoms with Crippen LogP contribution in [0.2, 0.25) is 0 Å². The van der Waals surface area contributed by atoms with Crippen LogP contribution in [0, 0.1) is 0 Å². The van der Waals surface area contributed by atoms with Crippen molar-refractivity contribution in [1.82, 2.24) is 10.2 Å². The molecule has 9 heteroatoms. The maximum absolute atomic E-state index is 12.8. The fraction of sp³-hybridized carbons (Fsp3) is 0.600. The van der Waals surface area contributed by atoms with Gasteiger partial charge < -0.3 is 15.2 Å². The minimum atomic E-state index is -3.57. The lowest BCUT2D eigenvalue weighted by Gasteiger charge is -2.28. The molecule has 8 nitrogen and oxygen atoms in total. The number of likely N-dealkylation sites (tertiary alicyclic amines) is 1. The summed E-state index contributed by atoms with van der Waals surface area (Å²) in [6.07, 6.45) is -1.04. The number of aliphatic hydroxyl groups is 1. The number of ether oxygens (including phenoxy) is 1. The first-order valence-corrected chi connectivity index (χ1v) is 11.3. The number of nitrogens with one attached hydrogen (secondary N) is 1. The van der Waals surface area contributed by atoms with Crippen LogP contribution in [0.3, 0.4) is 0 Å². The van der Waals surface area contributed by atoms with E-state index in [1.165, 1.54) is 17.0 Å². The highest BCUT2D eigenvalue weighted by Gasteiger charge is 2.41. The number of amides is 2. The third kappa shape index (κ3) is 6.43. The van der Waals surface area contributed by atoms with Gasteiger partial charge in [-0.1, -0.05) is 25.1 Å². The second kappa shape index (κ2) is 9.13. The molecule has 0 aromatic heterocycles. The first kappa shape index (κ1) is 23.2. The van der Waals surface area contributed by atoms with Crippen LogP contribution in [0.1, 0.15) is 40.5 Å². The van der Waals surface area contributed by atoms with Gasteiger partial charge in [-0.2, -0.15) is 0 Å². The maximum atomic E-state index is 12.8. The van der Waals surface area contributed by atoms with E-state index in [2.05, 4.69) is 5.32 Å². The highest BCUT2D eigenvalue weighted by atomic mass is 32.2. The summed E-state index contributed by atoms with van der Waals surface area (Å²) in [7, 11) is -3.57. The van der Waals surface area contributed by atoms with Gasteiger partial charge in [0.1, 0.15) is 11.6 Å². The quantitative estimate of drug-likeness (QED) is 0.716. The number of carbonyl (C=O) groups excluding carboxylic acids is 2. The van der Waals surface area contributed by atoms with E-state index >= 15 is 0 Å². The van der Waals surface area contributed by atoms with Crippen molar-refractivity contribution in [3.63, 3.8) is 0 Å². The molecule has 2 rings (SSSR count). The fourth-order valence-electron chi connectivity index (χ4n) is 3.13. The molecule has 1 aromatic carbocycles. The first-order valence-electron chi connectivity index (χ1n) is 9.69. The molecule has 3 atom stereocenters. The zero-order valence-electron chi connectivity index (χ0n) is 17.3. The molecule has 1 fully saturated rings. The average Bonchev–Trinajstić information content (AvgIpc) is 3.02. The molecule has 1 saturated heterocycles. The normalized spacial score (nSPS) is 20.9. The Morgan fingerprint density at radius 1 is 1.28 bits per heavy atom. The van der Waals surface area contributed by atoms with Crippen molar-refractivity contribution in [2.45, 2.75) is 69.2 Å². The van der Waals surface area contributed by atoms with E-state index in [0.717, 1.165) is 0 Å². The van der Waals surface area contributed by atoms with Gasteiger partial charge in [-0.3, -0.25) is 9.69 Å². The third-order valence-corrected chi connectivity index (χ3v) is 6.40. The Labute approximate surface area is 172 Å². The topological polar surface area (TPSA) is 113 Å². The third-order valence-electron chi connectivity index (χ3n) is 4.57. The van der Waals surface area contributed by atoms with Crippen LogP contribution >= 0.6 is 0 Å². The van der Waals surface area contributed by atoms with E-state index in [1.54, 1.807) is 45.9 Å². The smallest absolute Gasteiger partial charge is 0.411 e. The Bertz CT molecular complexity index is 819. The van der Waals surface area contributed by atoms with Crippen LogP contribution in [0.4, 0.5) is 4.79 Å². The molecular weight excluding hydrogens is 396 g/mol. The molecular formula is C20H30N2O6S. The van der Waals surface area contributed by atoms with E-state index in [1.807, 2.05) is 0 Å². The van der Waals surface area contributed by atoms with Gasteiger partial charge in [0.05, 0.1) is 23.3 Å². The molecule has 3 unspecified atom stereocenters. The van der Waals surface area contributed by atoms with Gasteiger partial charge in [-0.15, -0.1) is 0 Å². The Morgan fingerprint density at radius 3 is 2.45 bits per heavy atom. The summed E-state index contributed by atoms with van der Waals surface area (Å²) in [5.74, 6) is -0.747. The standard InChI is InChI=1S/C20H30N2O6S/c1-5-14(13-29(26,27)16-9-7-6-8-10-16)21-18(24)17-11-15(23)12-22(17)19(25)28-20(2,3)4/h6-10,14-15,17,23H,5,11-13H2,1-4H3,(H,21,24). The number of rotatable bonds is 6. The second-order valence-corrected chi connectivity index (χ2v) is 10.3. The summed E-state index contributed by atoms with van der Waals surface area (Å²) in [5, 5.41) is 12.7. The molecule has 2 amide bonds. The van der Waals surface area contributed by atoms with Crippen molar-refractivity contribution in [3.8, 4) is 0 Å².